The number of carbonyl (C=O) groups is 1. The molecule has 0 spiro atoms. The lowest BCUT2D eigenvalue weighted by Crippen LogP contribution is -2.25. The van der Waals surface area contributed by atoms with Gasteiger partial charge in [0.25, 0.3) is 0 Å². The third-order valence-corrected chi connectivity index (χ3v) is 2.29. The Hall–Kier alpha value is -1.35. The Labute approximate surface area is 76.4 Å². The first-order chi connectivity index (χ1) is 6.27. The van der Waals surface area contributed by atoms with Gasteiger partial charge < -0.3 is 10.4 Å². The highest BCUT2D eigenvalue weighted by Gasteiger charge is 2.31. The summed E-state index contributed by atoms with van der Waals surface area (Å²) < 4.78 is 0. The normalized spacial score (nSPS) is 27.3. The minimum atomic E-state index is -0.683. The highest BCUT2D eigenvalue weighted by Crippen LogP contribution is 2.25. The Morgan fingerprint density at radius 2 is 2.00 bits per heavy atom. The molecule has 0 bridgehead atoms. The Morgan fingerprint density at radius 1 is 1.31 bits per heavy atom. The predicted octanol–water partition coefficient (Wildman–Crippen LogP) is 0.608. The van der Waals surface area contributed by atoms with Crippen LogP contribution in [-0.2, 0) is 4.79 Å². The summed E-state index contributed by atoms with van der Waals surface area (Å²) in [7, 11) is 0. The molecule has 1 aromatic carbocycles. The lowest BCUT2D eigenvalue weighted by atomic mass is 9.98. The van der Waals surface area contributed by atoms with E-state index in [0.29, 0.717) is 6.42 Å². The van der Waals surface area contributed by atoms with Gasteiger partial charge in [0.15, 0.2) is 0 Å². The van der Waals surface area contributed by atoms with Crippen LogP contribution in [0.25, 0.3) is 0 Å². The third-order valence-electron chi connectivity index (χ3n) is 2.29. The summed E-state index contributed by atoms with van der Waals surface area (Å²) >= 11 is 0. The number of rotatable bonds is 1. The van der Waals surface area contributed by atoms with Gasteiger partial charge >= 0.3 is 0 Å². The average molecular weight is 177 g/mol. The van der Waals surface area contributed by atoms with Crippen LogP contribution in [0.15, 0.2) is 30.3 Å². The van der Waals surface area contributed by atoms with Gasteiger partial charge in [0.2, 0.25) is 5.91 Å². The topological polar surface area (TPSA) is 49.3 Å². The zero-order valence-electron chi connectivity index (χ0n) is 7.10. The van der Waals surface area contributed by atoms with Crippen molar-refractivity contribution in [1.82, 2.24) is 5.32 Å². The molecule has 3 heteroatoms. The number of hydrogen-bond acceptors (Lipinski definition) is 2. The molecule has 1 aromatic rings. The van der Waals surface area contributed by atoms with Gasteiger partial charge in [-0.1, -0.05) is 30.3 Å². The number of aliphatic hydroxyl groups excluding tert-OH is 1. The minimum Gasteiger partial charge on any atom is -0.374 e. The first-order valence-corrected chi connectivity index (χ1v) is 4.31. The third kappa shape index (κ3) is 1.55. The Kier molecular flexibility index (Phi) is 2.02. The van der Waals surface area contributed by atoms with Gasteiger partial charge in [-0.3, -0.25) is 4.79 Å². The molecule has 3 nitrogen and oxygen atoms in total. The highest BCUT2D eigenvalue weighted by molar-refractivity contribution is 5.85. The van der Waals surface area contributed by atoms with Crippen molar-refractivity contribution in [2.24, 2.45) is 0 Å². The van der Waals surface area contributed by atoms with E-state index < -0.39 is 6.23 Å². The fourth-order valence-corrected chi connectivity index (χ4v) is 1.63. The van der Waals surface area contributed by atoms with Crippen LogP contribution in [0.3, 0.4) is 0 Å². The molecule has 0 aromatic heterocycles. The molecule has 1 aliphatic rings. The van der Waals surface area contributed by atoms with Crippen molar-refractivity contribution in [2.45, 2.75) is 18.6 Å². The summed E-state index contributed by atoms with van der Waals surface area (Å²) in [6, 6.07) is 9.51. The van der Waals surface area contributed by atoms with Gasteiger partial charge in [0.05, 0.1) is 5.92 Å². The maximum Gasteiger partial charge on any atom is 0.229 e. The van der Waals surface area contributed by atoms with Crippen LogP contribution in [0, 0.1) is 0 Å². The maximum atomic E-state index is 11.3. The second-order valence-electron chi connectivity index (χ2n) is 3.22. The van der Waals surface area contributed by atoms with Crippen molar-refractivity contribution in [1.29, 1.82) is 0 Å². The molecule has 2 unspecified atom stereocenters. The fraction of sp³-hybridized carbons (Fsp3) is 0.300. The predicted molar refractivity (Wildman–Crippen MR) is 47.9 cm³/mol. The summed E-state index contributed by atoms with van der Waals surface area (Å²) in [5.74, 6) is -0.269. The van der Waals surface area contributed by atoms with Crippen LogP contribution >= 0.6 is 0 Å². The molecule has 2 rings (SSSR count). The van der Waals surface area contributed by atoms with E-state index in [2.05, 4.69) is 5.32 Å². The van der Waals surface area contributed by atoms with Crippen LogP contribution in [0.5, 0.6) is 0 Å². The number of carbonyl (C=O) groups excluding carboxylic acids is 1. The molecule has 13 heavy (non-hydrogen) atoms. The van der Waals surface area contributed by atoms with Gasteiger partial charge in [-0.15, -0.1) is 0 Å². The first-order valence-electron chi connectivity index (χ1n) is 4.31. The molecule has 0 saturated carbocycles. The zero-order chi connectivity index (χ0) is 9.26. The van der Waals surface area contributed by atoms with Crippen LogP contribution < -0.4 is 5.32 Å². The summed E-state index contributed by atoms with van der Waals surface area (Å²) in [4.78, 5) is 11.3. The van der Waals surface area contributed by atoms with Crippen molar-refractivity contribution in [3.8, 4) is 0 Å². The van der Waals surface area contributed by atoms with E-state index in [1.165, 1.54) is 0 Å². The second kappa shape index (κ2) is 3.18. The highest BCUT2D eigenvalue weighted by atomic mass is 16.3. The maximum absolute atomic E-state index is 11.3. The molecular formula is C10H11NO2. The molecule has 1 heterocycles. The van der Waals surface area contributed by atoms with Gasteiger partial charge in [-0.05, 0) is 5.56 Å². The van der Waals surface area contributed by atoms with Crippen LogP contribution in [0.1, 0.15) is 17.9 Å². The summed E-state index contributed by atoms with van der Waals surface area (Å²) in [5.41, 5.74) is 0.969. The molecule has 68 valence electrons. The average Bonchev–Trinajstić information content (AvgIpc) is 2.47. The van der Waals surface area contributed by atoms with Crippen molar-refractivity contribution in [3.63, 3.8) is 0 Å². The Bertz CT molecular complexity index is 310. The smallest absolute Gasteiger partial charge is 0.229 e. The number of amides is 1. The molecule has 1 saturated heterocycles. The van der Waals surface area contributed by atoms with Crippen molar-refractivity contribution in [2.75, 3.05) is 0 Å². The second-order valence-corrected chi connectivity index (χ2v) is 3.22. The summed E-state index contributed by atoms with van der Waals surface area (Å²) in [6.45, 7) is 0. The van der Waals surface area contributed by atoms with Crippen LogP contribution in [0.4, 0.5) is 0 Å². The van der Waals surface area contributed by atoms with Crippen molar-refractivity contribution in [3.05, 3.63) is 35.9 Å². The number of aliphatic hydroxyl groups is 1. The van der Waals surface area contributed by atoms with Crippen LogP contribution in [-0.4, -0.2) is 17.2 Å². The summed E-state index contributed by atoms with van der Waals surface area (Å²) in [5, 5.41) is 11.7. The largest absolute Gasteiger partial charge is 0.374 e. The quantitative estimate of drug-likeness (QED) is 0.660. The van der Waals surface area contributed by atoms with Crippen molar-refractivity contribution >= 4 is 5.91 Å². The van der Waals surface area contributed by atoms with E-state index in [0.717, 1.165) is 5.56 Å². The monoisotopic (exact) mass is 177 g/mol. The minimum absolute atomic E-state index is 0.0845. The van der Waals surface area contributed by atoms with E-state index in [9.17, 15) is 9.90 Å². The lowest BCUT2D eigenvalue weighted by molar-refractivity contribution is -0.121. The van der Waals surface area contributed by atoms with E-state index >= 15 is 0 Å². The molecular weight excluding hydrogens is 166 g/mol. The molecule has 1 fully saturated rings. The SMILES string of the molecule is O=C1NC(O)CC1c1ccccc1. The van der Waals surface area contributed by atoms with Gasteiger partial charge in [-0.25, -0.2) is 0 Å². The fourth-order valence-electron chi connectivity index (χ4n) is 1.63. The van der Waals surface area contributed by atoms with Gasteiger partial charge in [0.1, 0.15) is 6.23 Å². The molecule has 2 atom stereocenters. The molecule has 0 radical (unpaired) electrons. The van der Waals surface area contributed by atoms with E-state index in [-0.39, 0.29) is 11.8 Å². The molecule has 1 aliphatic heterocycles. The molecule has 0 aliphatic carbocycles. The standard InChI is InChI=1S/C10H11NO2/c12-9-6-8(10(13)11-9)7-4-2-1-3-5-7/h1-5,8-9,12H,6H2,(H,11,13). The van der Waals surface area contributed by atoms with E-state index in [1.807, 2.05) is 30.3 Å². The molecule has 1 amide bonds. The van der Waals surface area contributed by atoms with Gasteiger partial charge in [0, 0.05) is 6.42 Å². The Morgan fingerprint density at radius 3 is 2.54 bits per heavy atom. The lowest BCUT2D eigenvalue weighted by Gasteiger charge is -2.05. The number of hydrogen-bond donors (Lipinski definition) is 2. The van der Waals surface area contributed by atoms with Crippen LogP contribution in [0.2, 0.25) is 0 Å². The van der Waals surface area contributed by atoms with Crippen molar-refractivity contribution < 1.29 is 9.90 Å². The van der Waals surface area contributed by atoms with Gasteiger partial charge in [-0.2, -0.15) is 0 Å². The zero-order valence-corrected chi connectivity index (χ0v) is 7.10. The first kappa shape index (κ1) is 8.26. The number of benzene rings is 1. The summed E-state index contributed by atoms with van der Waals surface area (Å²) in [6.07, 6.45) is -0.208. The Balaban J connectivity index is 2.23. The molecule has 2 N–H and O–H groups in total. The van der Waals surface area contributed by atoms with E-state index in [1.54, 1.807) is 0 Å². The number of nitrogens with one attached hydrogen (secondary N) is 1. The van der Waals surface area contributed by atoms with E-state index in [4.69, 9.17) is 0 Å².